The third kappa shape index (κ3) is 5.09. The van der Waals surface area contributed by atoms with Crippen molar-refractivity contribution in [3.05, 3.63) is 35.4 Å². The molecule has 3 saturated heterocycles. The second-order valence-corrected chi connectivity index (χ2v) is 11.9. The highest BCUT2D eigenvalue weighted by Crippen LogP contribution is 2.44. The molecule has 4 fully saturated rings. The van der Waals surface area contributed by atoms with Gasteiger partial charge in [0.2, 0.25) is 0 Å². The van der Waals surface area contributed by atoms with Gasteiger partial charge in [0.15, 0.2) is 0 Å². The largest absolute Gasteiger partial charge is 0.450 e. The fourth-order valence-corrected chi connectivity index (χ4v) is 7.15. The highest BCUT2D eigenvalue weighted by molar-refractivity contribution is 5.69. The molecule has 36 heavy (non-hydrogen) atoms. The molecule has 1 spiro atoms. The molecule has 0 aromatic heterocycles. The van der Waals surface area contributed by atoms with E-state index in [1.54, 1.807) is 0 Å². The fraction of sp³-hybridized carbons (Fsp3) is 0.724. The van der Waals surface area contributed by atoms with Crippen LogP contribution in [0.2, 0.25) is 0 Å². The summed E-state index contributed by atoms with van der Waals surface area (Å²) in [5, 5.41) is 0. The van der Waals surface area contributed by atoms with Crippen LogP contribution < -0.4 is 0 Å². The number of benzene rings is 1. The van der Waals surface area contributed by atoms with E-state index in [1.165, 1.54) is 24.0 Å². The van der Waals surface area contributed by atoms with Crippen LogP contribution in [0.25, 0.3) is 0 Å². The molecular formula is C29H43N3O4. The molecule has 4 aliphatic heterocycles. The summed E-state index contributed by atoms with van der Waals surface area (Å²) in [6, 6.07) is 9.51. The zero-order valence-corrected chi connectivity index (χ0v) is 22.3. The molecule has 2 bridgehead atoms. The Kier molecular flexibility index (Phi) is 7.47. The smallest absolute Gasteiger partial charge is 0.410 e. The number of hydrogen-bond donors (Lipinski definition) is 0. The van der Waals surface area contributed by atoms with Crippen molar-refractivity contribution in [1.82, 2.24) is 14.7 Å². The number of ether oxygens (including phenoxy) is 2. The first kappa shape index (κ1) is 25.4. The lowest BCUT2D eigenvalue weighted by molar-refractivity contribution is 0.0471. The normalized spacial score (nSPS) is 27.6. The van der Waals surface area contributed by atoms with Crippen molar-refractivity contribution in [3.8, 4) is 0 Å². The molecule has 3 unspecified atom stereocenters. The molecular weight excluding hydrogens is 454 g/mol. The second kappa shape index (κ2) is 10.6. The Morgan fingerprint density at radius 2 is 1.81 bits per heavy atom. The van der Waals surface area contributed by atoms with E-state index >= 15 is 0 Å². The van der Waals surface area contributed by atoms with Crippen LogP contribution >= 0.6 is 0 Å². The standard InChI is InChI=1S/C29H43N3O4/c1-4-35-28(34)32-17-22-9-10-24(32)16-25(15-22)30-13-11-29(12-14-30)20-31(27(33)36-19-21(2)3)18-23-7-5-6-8-26(23)29/h5-8,21-22,24-25H,4,9-20H2,1-3H3. The quantitative estimate of drug-likeness (QED) is 0.584. The van der Waals surface area contributed by atoms with E-state index in [0.29, 0.717) is 43.7 Å². The number of rotatable bonds is 4. The molecule has 0 radical (unpaired) electrons. The maximum Gasteiger partial charge on any atom is 0.410 e. The van der Waals surface area contributed by atoms with Crippen LogP contribution in [0.1, 0.15) is 70.4 Å². The Morgan fingerprint density at radius 1 is 1.03 bits per heavy atom. The first-order chi connectivity index (χ1) is 17.4. The van der Waals surface area contributed by atoms with Gasteiger partial charge >= 0.3 is 12.2 Å². The first-order valence-electron chi connectivity index (χ1n) is 14.1. The Morgan fingerprint density at radius 3 is 2.56 bits per heavy atom. The maximum absolute atomic E-state index is 13.0. The number of fused-ring (bicyclic) bond motifs is 6. The predicted molar refractivity (Wildman–Crippen MR) is 139 cm³/mol. The van der Waals surface area contributed by atoms with Crippen molar-refractivity contribution in [1.29, 1.82) is 0 Å². The Bertz CT molecular complexity index is 942. The lowest BCUT2D eigenvalue weighted by atomic mass is 9.68. The van der Waals surface area contributed by atoms with Gasteiger partial charge < -0.3 is 24.2 Å². The number of carbonyl (C=O) groups is 2. The molecule has 3 atom stereocenters. The van der Waals surface area contributed by atoms with Crippen LogP contribution in [0.4, 0.5) is 9.59 Å². The molecule has 1 aliphatic carbocycles. The van der Waals surface area contributed by atoms with Gasteiger partial charge in [-0.15, -0.1) is 0 Å². The van der Waals surface area contributed by atoms with Crippen LogP contribution in [0.15, 0.2) is 24.3 Å². The fourth-order valence-electron chi connectivity index (χ4n) is 7.15. The summed E-state index contributed by atoms with van der Waals surface area (Å²) in [7, 11) is 0. The number of hydrogen-bond acceptors (Lipinski definition) is 5. The lowest BCUT2D eigenvalue weighted by Crippen LogP contribution is -2.55. The van der Waals surface area contributed by atoms with Crippen LogP contribution in [0, 0.1) is 11.8 Å². The molecule has 1 aromatic carbocycles. The molecule has 2 amide bonds. The molecule has 198 valence electrons. The van der Waals surface area contributed by atoms with Crippen molar-refractivity contribution in [2.24, 2.45) is 11.8 Å². The molecule has 7 nitrogen and oxygen atoms in total. The number of amides is 2. The Labute approximate surface area is 216 Å². The minimum Gasteiger partial charge on any atom is -0.450 e. The second-order valence-electron chi connectivity index (χ2n) is 11.9. The van der Waals surface area contributed by atoms with E-state index in [0.717, 1.165) is 51.9 Å². The zero-order valence-electron chi connectivity index (χ0n) is 22.3. The molecule has 6 rings (SSSR count). The van der Waals surface area contributed by atoms with Crippen molar-refractivity contribution in [3.63, 3.8) is 0 Å². The van der Waals surface area contributed by atoms with Crippen LogP contribution in [-0.4, -0.2) is 78.4 Å². The average Bonchev–Trinajstić information content (AvgIpc) is 3.20. The summed E-state index contributed by atoms with van der Waals surface area (Å²) in [5.74, 6) is 0.897. The van der Waals surface area contributed by atoms with Crippen molar-refractivity contribution < 1.29 is 19.1 Å². The minimum atomic E-state index is -0.181. The van der Waals surface area contributed by atoms with E-state index in [-0.39, 0.29) is 17.6 Å². The number of nitrogens with zero attached hydrogens (tertiary/aromatic N) is 3. The summed E-state index contributed by atoms with van der Waals surface area (Å²) in [5.41, 5.74) is 2.67. The number of likely N-dealkylation sites (tertiary alicyclic amines) is 1. The molecule has 1 aromatic rings. The average molecular weight is 498 g/mol. The van der Waals surface area contributed by atoms with Gasteiger partial charge in [-0.25, -0.2) is 9.59 Å². The summed E-state index contributed by atoms with van der Waals surface area (Å²) >= 11 is 0. The number of carbonyl (C=O) groups excluding carboxylic acids is 2. The highest BCUT2D eigenvalue weighted by Gasteiger charge is 2.46. The van der Waals surface area contributed by atoms with Crippen LogP contribution in [0.5, 0.6) is 0 Å². The van der Waals surface area contributed by atoms with Crippen LogP contribution in [0.3, 0.4) is 0 Å². The third-order valence-corrected chi connectivity index (χ3v) is 8.97. The molecule has 7 heteroatoms. The molecule has 4 heterocycles. The first-order valence-corrected chi connectivity index (χ1v) is 14.1. The summed E-state index contributed by atoms with van der Waals surface area (Å²) in [6.45, 7) is 11.2. The molecule has 0 N–H and O–H groups in total. The van der Waals surface area contributed by atoms with Crippen molar-refractivity contribution in [2.75, 3.05) is 39.4 Å². The summed E-state index contributed by atoms with van der Waals surface area (Å²) in [6.07, 6.45) is 6.31. The van der Waals surface area contributed by atoms with Gasteiger partial charge in [-0.05, 0) is 81.5 Å². The van der Waals surface area contributed by atoms with Crippen molar-refractivity contribution >= 4 is 12.2 Å². The Hall–Kier alpha value is -2.28. The van der Waals surface area contributed by atoms with Gasteiger partial charge in [0.25, 0.3) is 0 Å². The lowest BCUT2D eigenvalue weighted by Gasteiger charge is -2.49. The summed E-state index contributed by atoms with van der Waals surface area (Å²) < 4.78 is 11.0. The van der Waals surface area contributed by atoms with Gasteiger partial charge in [0.1, 0.15) is 0 Å². The monoisotopic (exact) mass is 497 g/mol. The summed E-state index contributed by atoms with van der Waals surface area (Å²) in [4.78, 5) is 32.1. The van der Waals surface area contributed by atoms with Gasteiger partial charge in [-0.1, -0.05) is 38.1 Å². The van der Waals surface area contributed by atoms with Gasteiger partial charge in [-0.2, -0.15) is 0 Å². The third-order valence-electron chi connectivity index (χ3n) is 8.97. The van der Waals surface area contributed by atoms with Crippen molar-refractivity contribution in [2.45, 2.75) is 83.3 Å². The van der Waals surface area contributed by atoms with E-state index in [1.807, 2.05) is 16.7 Å². The molecule has 1 saturated carbocycles. The zero-order chi connectivity index (χ0) is 25.3. The van der Waals surface area contributed by atoms with E-state index < -0.39 is 0 Å². The van der Waals surface area contributed by atoms with Gasteiger partial charge in [-0.3, -0.25) is 0 Å². The van der Waals surface area contributed by atoms with E-state index in [4.69, 9.17) is 9.47 Å². The minimum absolute atomic E-state index is 0.0110. The van der Waals surface area contributed by atoms with Gasteiger partial charge in [0, 0.05) is 37.1 Å². The topological polar surface area (TPSA) is 62.3 Å². The highest BCUT2D eigenvalue weighted by atomic mass is 16.6. The van der Waals surface area contributed by atoms with Gasteiger partial charge in [0.05, 0.1) is 13.2 Å². The SMILES string of the molecule is CCOC(=O)N1CC2CCC1CC(N1CCC3(CC1)CN(C(=O)OCC(C)C)Cc1ccccc13)C2. The van der Waals surface area contributed by atoms with E-state index in [2.05, 4.69) is 43.0 Å². The Balaban J connectivity index is 1.28. The maximum atomic E-state index is 13.0. The number of piperidine rings is 2. The predicted octanol–water partition coefficient (Wildman–Crippen LogP) is 5.03. The molecule has 5 aliphatic rings. The van der Waals surface area contributed by atoms with Crippen LogP contribution in [-0.2, 0) is 21.4 Å². The van der Waals surface area contributed by atoms with E-state index in [9.17, 15) is 9.59 Å².